The summed E-state index contributed by atoms with van der Waals surface area (Å²) in [4.78, 5) is 32.6. The second kappa shape index (κ2) is 13.5. The molecule has 11 heteroatoms. The van der Waals surface area contributed by atoms with Gasteiger partial charge in [0.2, 0.25) is 0 Å². The van der Waals surface area contributed by atoms with E-state index in [0.717, 1.165) is 74.2 Å². The Bertz CT molecular complexity index is 2470. The molecule has 52 heavy (non-hydrogen) atoms. The number of hydrogen-bond donors (Lipinski definition) is 2. The fraction of sp³-hybridized carbons (Fsp3) is 0.244. The van der Waals surface area contributed by atoms with Gasteiger partial charge >= 0.3 is 17.8 Å². The molecule has 0 unspecified atom stereocenters. The zero-order valence-electron chi connectivity index (χ0n) is 28.2. The van der Waals surface area contributed by atoms with E-state index in [2.05, 4.69) is 93.3 Å². The molecule has 2 aliphatic heterocycles. The average molecular weight is 704 g/mol. The third kappa shape index (κ3) is 6.15. The SMILES string of the molecule is O=C(O)C(F)(F)F.O=c1[nH]c2ccccc2n1C1CCN(Cc2ccc(-c3c(-c4ccccc4)nc4c5c3c3ccccc3n5CCC4)cc2)CC1. The van der Waals surface area contributed by atoms with Crippen molar-refractivity contribution in [1.29, 1.82) is 0 Å². The summed E-state index contributed by atoms with van der Waals surface area (Å²) in [5, 5.41) is 9.77. The molecule has 1 fully saturated rings. The molecule has 4 aromatic carbocycles. The van der Waals surface area contributed by atoms with Gasteiger partial charge in [0.1, 0.15) is 0 Å². The van der Waals surface area contributed by atoms with Crippen LogP contribution in [-0.4, -0.2) is 54.3 Å². The first-order valence-corrected chi connectivity index (χ1v) is 17.5. The molecule has 0 atom stereocenters. The molecule has 0 saturated carbocycles. The summed E-state index contributed by atoms with van der Waals surface area (Å²) in [5.74, 6) is -2.76. The number of carbonyl (C=O) groups is 1. The van der Waals surface area contributed by atoms with Gasteiger partial charge in [0.25, 0.3) is 0 Å². The molecule has 1 saturated heterocycles. The zero-order chi connectivity index (χ0) is 36.0. The molecular formula is C41H36F3N5O3. The zero-order valence-corrected chi connectivity index (χ0v) is 28.2. The number of carboxylic acids is 1. The highest BCUT2D eigenvalue weighted by Gasteiger charge is 2.38. The number of alkyl halides is 3. The Balaban J connectivity index is 0.000000505. The summed E-state index contributed by atoms with van der Waals surface area (Å²) in [7, 11) is 0. The third-order valence-corrected chi connectivity index (χ3v) is 10.3. The number of imidazole rings is 1. The minimum atomic E-state index is -5.08. The van der Waals surface area contributed by atoms with Crippen LogP contribution in [0.1, 0.15) is 36.6 Å². The van der Waals surface area contributed by atoms with Gasteiger partial charge in [-0.1, -0.05) is 84.9 Å². The Morgan fingerprint density at radius 3 is 2.19 bits per heavy atom. The van der Waals surface area contributed by atoms with Crippen LogP contribution in [0.15, 0.2) is 108 Å². The number of H-pyrrole nitrogens is 1. The van der Waals surface area contributed by atoms with Gasteiger partial charge in [-0.05, 0) is 55.0 Å². The third-order valence-electron chi connectivity index (χ3n) is 10.3. The van der Waals surface area contributed by atoms with Crippen molar-refractivity contribution in [3.63, 3.8) is 0 Å². The van der Waals surface area contributed by atoms with Gasteiger partial charge in [-0.15, -0.1) is 0 Å². The van der Waals surface area contributed by atoms with Gasteiger partial charge in [-0.25, -0.2) is 14.6 Å². The van der Waals surface area contributed by atoms with Crippen molar-refractivity contribution in [2.24, 2.45) is 0 Å². The lowest BCUT2D eigenvalue weighted by Crippen LogP contribution is -2.36. The summed E-state index contributed by atoms with van der Waals surface area (Å²) in [6.45, 7) is 3.89. The smallest absolute Gasteiger partial charge is 0.475 e. The molecule has 0 bridgehead atoms. The van der Waals surface area contributed by atoms with Crippen molar-refractivity contribution in [3.05, 3.63) is 125 Å². The average Bonchev–Trinajstić information content (AvgIpc) is 3.68. The predicted molar refractivity (Wildman–Crippen MR) is 196 cm³/mol. The number of para-hydroxylation sites is 3. The maximum absolute atomic E-state index is 12.8. The number of aliphatic carboxylic acids is 1. The van der Waals surface area contributed by atoms with Crippen molar-refractivity contribution in [2.75, 3.05) is 13.1 Å². The number of nitrogens with zero attached hydrogens (tertiary/aromatic N) is 4. The van der Waals surface area contributed by atoms with Crippen molar-refractivity contribution in [3.8, 4) is 22.4 Å². The molecule has 9 rings (SSSR count). The number of aromatic nitrogens is 4. The fourth-order valence-corrected chi connectivity index (χ4v) is 7.92. The number of pyridine rings is 1. The fourth-order valence-electron chi connectivity index (χ4n) is 7.92. The van der Waals surface area contributed by atoms with E-state index in [9.17, 15) is 18.0 Å². The van der Waals surface area contributed by atoms with Gasteiger partial charge in [0.05, 0.1) is 27.9 Å². The Kier molecular flexibility index (Phi) is 8.66. The van der Waals surface area contributed by atoms with Crippen LogP contribution in [0.2, 0.25) is 0 Å². The molecule has 0 radical (unpaired) electrons. The highest BCUT2D eigenvalue weighted by atomic mass is 19.4. The second-order valence-corrected chi connectivity index (χ2v) is 13.5. The van der Waals surface area contributed by atoms with E-state index in [1.165, 1.54) is 44.2 Å². The number of rotatable bonds is 5. The first-order chi connectivity index (χ1) is 25.2. The molecule has 3 aromatic heterocycles. The Hall–Kier alpha value is -5.68. The lowest BCUT2D eigenvalue weighted by molar-refractivity contribution is -0.192. The predicted octanol–water partition coefficient (Wildman–Crippen LogP) is 8.58. The van der Waals surface area contributed by atoms with Gasteiger partial charge in [0, 0.05) is 59.6 Å². The molecule has 5 heterocycles. The maximum atomic E-state index is 12.8. The van der Waals surface area contributed by atoms with E-state index < -0.39 is 12.1 Å². The Morgan fingerprint density at radius 1 is 0.827 bits per heavy atom. The summed E-state index contributed by atoms with van der Waals surface area (Å²) in [6, 6.07) is 37.0. The summed E-state index contributed by atoms with van der Waals surface area (Å²) >= 11 is 0. The number of carboxylic acid groups (broad SMARTS) is 1. The molecule has 0 aliphatic carbocycles. The van der Waals surface area contributed by atoms with Crippen LogP contribution >= 0.6 is 0 Å². The molecule has 8 nitrogen and oxygen atoms in total. The van der Waals surface area contributed by atoms with Crippen LogP contribution in [0.3, 0.4) is 0 Å². The quantitative estimate of drug-likeness (QED) is 0.187. The molecule has 0 spiro atoms. The number of aryl methyl sites for hydroxylation is 2. The van der Waals surface area contributed by atoms with Gasteiger partial charge in [0.15, 0.2) is 0 Å². The van der Waals surface area contributed by atoms with Crippen LogP contribution in [0.4, 0.5) is 13.2 Å². The molecular weight excluding hydrogens is 667 g/mol. The standard InChI is InChI=1S/C39H35N5O.C2HF3O2/c45-39-41-31-12-5-7-15-34(31)44(39)29-20-23-42(24-21-29)25-26-16-18-27(19-17-26)35-36-30-11-4-6-14-33(30)43-22-8-13-32(38(36)43)40-37(35)28-9-2-1-3-10-28;3-2(4,5)1(6)7/h1-7,9-12,14-19,29H,8,13,20-25H2,(H,41,45);(H,6,7). The van der Waals surface area contributed by atoms with Crippen molar-refractivity contribution in [1.82, 2.24) is 24.0 Å². The topological polar surface area (TPSA) is 96.2 Å². The number of halogens is 3. The van der Waals surface area contributed by atoms with E-state index in [1.54, 1.807) is 0 Å². The van der Waals surface area contributed by atoms with E-state index in [-0.39, 0.29) is 11.7 Å². The van der Waals surface area contributed by atoms with E-state index in [0.29, 0.717) is 0 Å². The van der Waals surface area contributed by atoms with Gasteiger partial charge in [-0.2, -0.15) is 13.2 Å². The van der Waals surface area contributed by atoms with Crippen LogP contribution < -0.4 is 5.69 Å². The highest BCUT2D eigenvalue weighted by molar-refractivity contribution is 6.18. The molecule has 2 N–H and O–H groups in total. The van der Waals surface area contributed by atoms with Crippen LogP contribution in [-0.2, 0) is 24.3 Å². The van der Waals surface area contributed by atoms with Crippen molar-refractivity contribution < 1.29 is 23.1 Å². The maximum Gasteiger partial charge on any atom is 0.490 e. The number of piperidine rings is 1. The monoisotopic (exact) mass is 703 g/mol. The first kappa shape index (κ1) is 33.5. The first-order valence-electron chi connectivity index (χ1n) is 17.5. The summed E-state index contributed by atoms with van der Waals surface area (Å²) in [6.07, 6.45) is -1.01. The molecule has 264 valence electrons. The van der Waals surface area contributed by atoms with Crippen LogP contribution in [0, 0.1) is 0 Å². The molecule has 0 amide bonds. The summed E-state index contributed by atoms with van der Waals surface area (Å²) < 4.78 is 36.2. The highest BCUT2D eigenvalue weighted by Crippen LogP contribution is 2.44. The van der Waals surface area contributed by atoms with Crippen LogP contribution in [0.5, 0.6) is 0 Å². The number of hydrogen-bond acceptors (Lipinski definition) is 4. The van der Waals surface area contributed by atoms with E-state index in [1.807, 2.05) is 28.8 Å². The molecule has 7 aromatic rings. The van der Waals surface area contributed by atoms with E-state index >= 15 is 0 Å². The van der Waals surface area contributed by atoms with Gasteiger partial charge in [-0.3, -0.25) is 9.47 Å². The summed E-state index contributed by atoms with van der Waals surface area (Å²) in [5.41, 5.74) is 11.7. The second-order valence-electron chi connectivity index (χ2n) is 13.5. The number of fused-ring (bicyclic) bond motifs is 4. The lowest BCUT2D eigenvalue weighted by atomic mass is 9.92. The largest absolute Gasteiger partial charge is 0.490 e. The van der Waals surface area contributed by atoms with Crippen LogP contribution in [0.25, 0.3) is 55.2 Å². The number of benzene rings is 4. The van der Waals surface area contributed by atoms with Crippen molar-refractivity contribution >= 4 is 38.8 Å². The minimum absolute atomic E-state index is 0.00542. The Morgan fingerprint density at radius 2 is 1.48 bits per heavy atom. The molecule has 2 aliphatic rings. The van der Waals surface area contributed by atoms with Crippen molar-refractivity contribution in [2.45, 2.75) is 51.0 Å². The minimum Gasteiger partial charge on any atom is -0.475 e. The lowest BCUT2D eigenvalue weighted by Gasteiger charge is -2.32. The Labute approximate surface area is 296 Å². The number of aromatic amines is 1. The van der Waals surface area contributed by atoms with E-state index in [4.69, 9.17) is 14.9 Å². The number of nitrogens with one attached hydrogen (secondary N) is 1. The number of likely N-dealkylation sites (tertiary alicyclic amines) is 1. The normalized spacial score (nSPS) is 15.2. The van der Waals surface area contributed by atoms with Gasteiger partial charge < -0.3 is 14.7 Å².